The summed E-state index contributed by atoms with van der Waals surface area (Å²) in [5.41, 5.74) is 1.49. The Balaban J connectivity index is 1.66. The molecule has 1 saturated heterocycles. The zero-order valence-corrected chi connectivity index (χ0v) is 15.8. The third-order valence-electron chi connectivity index (χ3n) is 4.72. The van der Waals surface area contributed by atoms with Crippen molar-refractivity contribution in [2.75, 3.05) is 20.2 Å². The summed E-state index contributed by atoms with van der Waals surface area (Å²) >= 11 is 1.46. The number of methoxy groups -OCH3 is 1. The van der Waals surface area contributed by atoms with Crippen LogP contribution in [0, 0.1) is 11.7 Å². The Morgan fingerprint density at radius 2 is 2.15 bits per heavy atom. The number of halogens is 1. The molecule has 138 valence electrons. The molecule has 1 aliphatic heterocycles. The lowest BCUT2D eigenvalue weighted by Crippen LogP contribution is -2.38. The molecule has 0 aliphatic carbocycles. The van der Waals surface area contributed by atoms with Gasteiger partial charge in [-0.3, -0.25) is 14.5 Å². The lowest BCUT2D eigenvalue weighted by molar-refractivity contribution is 0.0811. The highest BCUT2D eigenvalue weighted by molar-refractivity contribution is 7.12. The van der Waals surface area contributed by atoms with E-state index in [4.69, 9.17) is 4.74 Å². The highest BCUT2D eigenvalue weighted by Gasteiger charge is 2.27. The summed E-state index contributed by atoms with van der Waals surface area (Å²) in [6.45, 7) is 3.87. The molecule has 0 radical (unpaired) electrons. The number of thiophene rings is 1. The van der Waals surface area contributed by atoms with Crippen molar-refractivity contribution in [3.8, 4) is 5.75 Å². The van der Waals surface area contributed by atoms with Crippen molar-refractivity contribution >= 4 is 22.9 Å². The summed E-state index contributed by atoms with van der Waals surface area (Å²) in [5, 5.41) is 2.00. The van der Waals surface area contributed by atoms with Gasteiger partial charge >= 0.3 is 0 Å². The van der Waals surface area contributed by atoms with E-state index in [1.54, 1.807) is 13.0 Å². The number of likely N-dealkylation sites (tertiary alicyclic amines) is 1. The number of Topliss-reactive ketones (excluding diaryl/α,β-unsaturated/α-hetero) is 2. The van der Waals surface area contributed by atoms with Crippen LogP contribution in [0.5, 0.6) is 5.75 Å². The Bertz CT molecular complexity index is 817. The van der Waals surface area contributed by atoms with Gasteiger partial charge in [0.2, 0.25) is 0 Å². The van der Waals surface area contributed by atoms with Crippen LogP contribution in [-0.4, -0.2) is 36.7 Å². The zero-order chi connectivity index (χ0) is 18.7. The third kappa shape index (κ3) is 4.19. The fraction of sp³-hybridized carbons (Fsp3) is 0.400. The number of ketones is 2. The number of ether oxygens (including phenoxy) is 1. The molecule has 0 amide bonds. The van der Waals surface area contributed by atoms with Crippen LogP contribution in [0.15, 0.2) is 29.6 Å². The first-order valence-electron chi connectivity index (χ1n) is 8.66. The van der Waals surface area contributed by atoms with Gasteiger partial charge in [-0.25, -0.2) is 4.39 Å². The molecule has 6 heteroatoms. The Labute approximate surface area is 156 Å². The predicted octanol–water partition coefficient (Wildman–Crippen LogP) is 4.19. The van der Waals surface area contributed by atoms with Crippen molar-refractivity contribution < 1.29 is 18.7 Å². The molecule has 3 rings (SSSR count). The summed E-state index contributed by atoms with van der Waals surface area (Å²) in [6.07, 6.45) is 1.74. The molecule has 1 atom stereocenters. The molecule has 0 bridgehead atoms. The Kier molecular flexibility index (Phi) is 5.84. The molecule has 1 aromatic heterocycles. The van der Waals surface area contributed by atoms with E-state index in [2.05, 4.69) is 4.90 Å². The highest BCUT2D eigenvalue weighted by atomic mass is 32.1. The minimum atomic E-state index is -0.513. The first-order valence-corrected chi connectivity index (χ1v) is 9.54. The summed E-state index contributed by atoms with van der Waals surface area (Å²) in [5.74, 6) is -0.449. The van der Waals surface area contributed by atoms with E-state index in [1.165, 1.54) is 30.6 Å². The van der Waals surface area contributed by atoms with E-state index >= 15 is 0 Å². The number of nitrogens with zero attached hydrogens (tertiary/aromatic N) is 1. The van der Waals surface area contributed by atoms with E-state index in [0.717, 1.165) is 36.4 Å². The van der Waals surface area contributed by atoms with Gasteiger partial charge in [0.25, 0.3) is 0 Å². The molecule has 0 N–H and O–H groups in total. The number of piperidine rings is 1. The minimum Gasteiger partial charge on any atom is -0.494 e. The van der Waals surface area contributed by atoms with Gasteiger partial charge in [0.1, 0.15) is 0 Å². The minimum absolute atomic E-state index is 0.0222. The average molecular weight is 375 g/mol. The number of carbonyl (C=O) groups excluding carboxylic acids is 2. The molecular formula is C20H22FNO3S. The lowest BCUT2D eigenvalue weighted by atomic mass is 9.89. The molecule has 1 fully saturated rings. The summed E-state index contributed by atoms with van der Waals surface area (Å²) in [6, 6.07) is 6.31. The Hall–Kier alpha value is -2.05. The number of benzene rings is 1. The van der Waals surface area contributed by atoms with E-state index < -0.39 is 5.82 Å². The van der Waals surface area contributed by atoms with Crippen molar-refractivity contribution in [3.05, 3.63) is 51.5 Å². The second-order valence-electron chi connectivity index (χ2n) is 6.66. The van der Waals surface area contributed by atoms with Gasteiger partial charge in [0, 0.05) is 24.6 Å². The quantitative estimate of drug-likeness (QED) is 0.710. The van der Waals surface area contributed by atoms with E-state index in [9.17, 15) is 14.0 Å². The van der Waals surface area contributed by atoms with Crippen molar-refractivity contribution in [1.82, 2.24) is 4.90 Å². The van der Waals surface area contributed by atoms with E-state index in [1.807, 2.05) is 11.4 Å². The molecule has 1 aromatic carbocycles. The second kappa shape index (κ2) is 8.10. The van der Waals surface area contributed by atoms with Crippen molar-refractivity contribution in [1.29, 1.82) is 0 Å². The number of rotatable bonds is 6. The normalized spacial score (nSPS) is 17.9. The third-order valence-corrected chi connectivity index (χ3v) is 5.80. The van der Waals surface area contributed by atoms with Gasteiger partial charge < -0.3 is 4.74 Å². The van der Waals surface area contributed by atoms with Gasteiger partial charge in [-0.15, -0.1) is 11.3 Å². The first kappa shape index (κ1) is 18.7. The van der Waals surface area contributed by atoms with Gasteiger partial charge in [-0.05, 0) is 61.5 Å². The summed E-state index contributed by atoms with van der Waals surface area (Å²) < 4.78 is 18.8. The maximum absolute atomic E-state index is 13.9. The predicted molar refractivity (Wildman–Crippen MR) is 99.6 cm³/mol. The number of hydrogen-bond donors (Lipinski definition) is 0. The average Bonchev–Trinajstić information content (AvgIpc) is 3.10. The van der Waals surface area contributed by atoms with Gasteiger partial charge in [0.15, 0.2) is 23.1 Å². The van der Waals surface area contributed by atoms with Crippen LogP contribution in [0.4, 0.5) is 4.39 Å². The molecule has 0 spiro atoms. The van der Waals surface area contributed by atoms with Crippen molar-refractivity contribution in [2.45, 2.75) is 26.3 Å². The molecule has 4 nitrogen and oxygen atoms in total. The largest absolute Gasteiger partial charge is 0.494 e. The first-order chi connectivity index (χ1) is 12.5. The van der Waals surface area contributed by atoms with Crippen LogP contribution >= 0.6 is 11.3 Å². The zero-order valence-electron chi connectivity index (χ0n) is 15.0. The van der Waals surface area contributed by atoms with E-state index in [-0.39, 0.29) is 23.2 Å². The lowest BCUT2D eigenvalue weighted by Gasteiger charge is -2.31. The molecule has 1 unspecified atom stereocenters. The summed E-state index contributed by atoms with van der Waals surface area (Å²) in [7, 11) is 1.40. The fourth-order valence-corrected chi connectivity index (χ4v) is 4.18. The molecule has 0 saturated carbocycles. The maximum Gasteiger partial charge on any atom is 0.169 e. The molecular weight excluding hydrogens is 353 g/mol. The standard InChI is InChI=1S/C20H22FNO3S/c1-13(23)19-8-14(12-26-19)10-22-7-3-4-16(11-22)20(24)15-5-6-18(25-2)17(21)9-15/h5-6,8-9,12,16H,3-4,7,10-11H2,1-2H3. The Morgan fingerprint density at radius 3 is 2.81 bits per heavy atom. The van der Waals surface area contributed by atoms with Crippen LogP contribution in [0.3, 0.4) is 0 Å². The number of carbonyl (C=O) groups is 2. The fourth-order valence-electron chi connectivity index (χ4n) is 3.37. The van der Waals surface area contributed by atoms with Gasteiger partial charge in [-0.2, -0.15) is 0 Å². The SMILES string of the molecule is COc1ccc(C(=O)C2CCCN(Cc3csc(C(C)=O)c3)C2)cc1F. The van der Waals surface area contributed by atoms with Crippen molar-refractivity contribution in [3.63, 3.8) is 0 Å². The molecule has 26 heavy (non-hydrogen) atoms. The van der Waals surface area contributed by atoms with Gasteiger partial charge in [0.05, 0.1) is 12.0 Å². The van der Waals surface area contributed by atoms with Crippen LogP contribution in [0.2, 0.25) is 0 Å². The maximum atomic E-state index is 13.9. The Morgan fingerprint density at radius 1 is 1.35 bits per heavy atom. The molecule has 2 aromatic rings. The van der Waals surface area contributed by atoms with Crippen LogP contribution in [0.25, 0.3) is 0 Å². The van der Waals surface area contributed by atoms with Crippen LogP contribution < -0.4 is 4.74 Å². The van der Waals surface area contributed by atoms with Crippen LogP contribution in [0.1, 0.15) is 45.4 Å². The molecule has 2 heterocycles. The monoisotopic (exact) mass is 375 g/mol. The molecule has 1 aliphatic rings. The van der Waals surface area contributed by atoms with Gasteiger partial charge in [-0.1, -0.05) is 0 Å². The summed E-state index contributed by atoms with van der Waals surface area (Å²) in [4.78, 5) is 27.2. The second-order valence-corrected chi connectivity index (χ2v) is 7.57. The van der Waals surface area contributed by atoms with Crippen molar-refractivity contribution in [2.24, 2.45) is 5.92 Å². The van der Waals surface area contributed by atoms with Crippen LogP contribution in [-0.2, 0) is 6.54 Å². The van der Waals surface area contributed by atoms with E-state index in [0.29, 0.717) is 12.1 Å². The topological polar surface area (TPSA) is 46.6 Å². The highest BCUT2D eigenvalue weighted by Crippen LogP contribution is 2.26. The number of hydrogen-bond acceptors (Lipinski definition) is 5. The smallest absolute Gasteiger partial charge is 0.169 e.